The van der Waals surface area contributed by atoms with Crippen LogP contribution in [0, 0.1) is 5.82 Å². The van der Waals surface area contributed by atoms with Crippen LogP contribution in [0.15, 0.2) is 18.2 Å². The minimum absolute atomic E-state index is 0.242. The number of benzene rings is 1. The van der Waals surface area contributed by atoms with Gasteiger partial charge in [-0.25, -0.2) is 9.37 Å². The maximum absolute atomic E-state index is 13.9. The second kappa shape index (κ2) is 7.53. The number of aromatic nitrogens is 2. The first kappa shape index (κ1) is 16.6. The fourth-order valence-electron chi connectivity index (χ4n) is 2.57. The highest BCUT2D eigenvalue weighted by molar-refractivity contribution is 7.09. The van der Waals surface area contributed by atoms with Gasteiger partial charge in [-0.05, 0) is 12.1 Å². The van der Waals surface area contributed by atoms with Gasteiger partial charge in [0.2, 0.25) is 5.13 Å². The molecule has 0 saturated carbocycles. The number of hydrogen-bond acceptors (Lipinski definition) is 6. The van der Waals surface area contributed by atoms with E-state index >= 15 is 0 Å². The van der Waals surface area contributed by atoms with E-state index in [0.717, 1.165) is 31.3 Å². The molecule has 1 fully saturated rings. The highest BCUT2D eigenvalue weighted by Gasteiger charge is 2.21. The van der Waals surface area contributed by atoms with Gasteiger partial charge in [0.1, 0.15) is 12.4 Å². The number of piperazine rings is 1. The molecule has 3 rings (SSSR count). The fourth-order valence-corrected chi connectivity index (χ4v) is 3.51. The molecule has 5 nitrogen and oxygen atoms in total. The lowest BCUT2D eigenvalue weighted by Crippen LogP contribution is -2.46. The van der Waals surface area contributed by atoms with E-state index in [-0.39, 0.29) is 5.82 Å². The van der Waals surface area contributed by atoms with E-state index in [1.807, 2.05) is 0 Å². The maximum Gasteiger partial charge on any atom is 0.205 e. The van der Waals surface area contributed by atoms with Crippen LogP contribution in [0.1, 0.15) is 11.4 Å². The molecule has 1 saturated heterocycles. The van der Waals surface area contributed by atoms with Gasteiger partial charge >= 0.3 is 0 Å². The number of hydrogen-bond donors (Lipinski definition) is 0. The Morgan fingerprint density at radius 2 is 2.09 bits per heavy atom. The van der Waals surface area contributed by atoms with E-state index in [2.05, 4.69) is 19.2 Å². The lowest BCUT2D eigenvalue weighted by atomic mass is 10.2. The van der Waals surface area contributed by atoms with Gasteiger partial charge in [-0.2, -0.15) is 4.37 Å². The molecule has 1 aromatic heterocycles. The van der Waals surface area contributed by atoms with E-state index in [9.17, 15) is 4.39 Å². The first-order valence-electron chi connectivity index (χ1n) is 7.39. The lowest BCUT2D eigenvalue weighted by Gasteiger charge is -2.34. The first-order chi connectivity index (χ1) is 11.2. The van der Waals surface area contributed by atoms with E-state index in [1.165, 1.54) is 17.6 Å². The van der Waals surface area contributed by atoms with Gasteiger partial charge in [-0.1, -0.05) is 17.7 Å². The van der Waals surface area contributed by atoms with E-state index in [1.54, 1.807) is 19.2 Å². The largest absolute Gasteiger partial charge is 0.377 e. The zero-order valence-corrected chi connectivity index (χ0v) is 14.4. The number of ether oxygens (including phenoxy) is 1. The summed E-state index contributed by atoms with van der Waals surface area (Å²) in [6.07, 6.45) is 0. The summed E-state index contributed by atoms with van der Waals surface area (Å²) in [7, 11) is 1.63. The Bertz CT molecular complexity index is 640. The zero-order valence-electron chi connectivity index (χ0n) is 12.8. The lowest BCUT2D eigenvalue weighted by molar-refractivity contribution is 0.179. The summed E-state index contributed by atoms with van der Waals surface area (Å²) in [6, 6.07) is 4.82. The monoisotopic (exact) mass is 356 g/mol. The molecule has 1 aliphatic rings. The fraction of sp³-hybridized carbons (Fsp3) is 0.467. The quantitative estimate of drug-likeness (QED) is 0.824. The smallest absolute Gasteiger partial charge is 0.205 e. The van der Waals surface area contributed by atoms with Gasteiger partial charge in [0.15, 0.2) is 5.82 Å². The van der Waals surface area contributed by atoms with Crippen LogP contribution in [0.25, 0.3) is 0 Å². The normalized spacial score (nSPS) is 16.0. The van der Waals surface area contributed by atoms with Crippen molar-refractivity contribution in [3.63, 3.8) is 0 Å². The molecule has 2 heterocycles. The summed E-state index contributed by atoms with van der Waals surface area (Å²) in [5.41, 5.74) is 0.570. The summed E-state index contributed by atoms with van der Waals surface area (Å²) in [6.45, 7) is 4.32. The van der Waals surface area contributed by atoms with Gasteiger partial charge in [0.05, 0.1) is 0 Å². The van der Waals surface area contributed by atoms with E-state index < -0.39 is 0 Å². The number of anilines is 1. The second-order valence-electron chi connectivity index (χ2n) is 5.39. The van der Waals surface area contributed by atoms with E-state index in [0.29, 0.717) is 29.6 Å². The Labute approximate surface area is 143 Å². The van der Waals surface area contributed by atoms with Crippen molar-refractivity contribution >= 4 is 28.3 Å². The highest BCUT2D eigenvalue weighted by Crippen LogP contribution is 2.23. The van der Waals surface area contributed by atoms with Crippen LogP contribution in [0.2, 0.25) is 5.02 Å². The van der Waals surface area contributed by atoms with Gasteiger partial charge in [0, 0.05) is 62.0 Å². The second-order valence-corrected chi connectivity index (χ2v) is 6.53. The number of methoxy groups -OCH3 is 1. The molecule has 0 unspecified atom stereocenters. The van der Waals surface area contributed by atoms with Crippen LogP contribution in [-0.2, 0) is 17.9 Å². The van der Waals surface area contributed by atoms with Crippen molar-refractivity contribution in [2.45, 2.75) is 13.2 Å². The summed E-state index contributed by atoms with van der Waals surface area (Å²) in [4.78, 5) is 8.88. The van der Waals surface area contributed by atoms with Crippen LogP contribution in [-0.4, -0.2) is 47.5 Å². The predicted octanol–water partition coefficient (Wildman–Crippen LogP) is 2.80. The van der Waals surface area contributed by atoms with Crippen molar-refractivity contribution in [2.75, 3.05) is 38.2 Å². The molecule has 0 amide bonds. The molecule has 0 N–H and O–H groups in total. The van der Waals surface area contributed by atoms with Crippen molar-refractivity contribution in [2.24, 2.45) is 0 Å². The highest BCUT2D eigenvalue weighted by atomic mass is 35.5. The molecule has 8 heteroatoms. The molecule has 0 aliphatic carbocycles. The van der Waals surface area contributed by atoms with Crippen molar-refractivity contribution in [3.05, 3.63) is 40.4 Å². The van der Waals surface area contributed by atoms with Crippen LogP contribution >= 0.6 is 23.1 Å². The van der Waals surface area contributed by atoms with Crippen LogP contribution < -0.4 is 4.90 Å². The van der Waals surface area contributed by atoms with Crippen LogP contribution in [0.5, 0.6) is 0 Å². The Morgan fingerprint density at radius 3 is 2.78 bits per heavy atom. The molecule has 0 atom stereocenters. The van der Waals surface area contributed by atoms with Crippen molar-refractivity contribution < 1.29 is 9.13 Å². The Morgan fingerprint density at radius 1 is 1.30 bits per heavy atom. The van der Waals surface area contributed by atoms with Gasteiger partial charge < -0.3 is 9.64 Å². The third-order valence-electron chi connectivity index (χ3n) is 3.82. The van der Waals surface area contributed by atoms with E-state index in [4.69, 9.17) is 16.3 Å². The third-order valence-corrected chi connectivity index (χ3v) is 4.99. The third kappa shape index (κ3) is 3.98. The molecule has 0 radical (unpaired) electrons. The zero-order chi connectivity index (χ0) is 16.2. The molecule has 0 bridgehead atoms. The SMILES string of the molecule is COCc1nsc(N2CCN(Cc3c(F)cccc3Cl)CC2)n1. The van der Waals surface area contributed by atoms with Crippen LogP contribution in [0.4, 0.5) is 9.52 Å². The Hall–Kier alpha value is -1.28. The predicted molar refractivity (Wildman–Crippen MR) is 89.5 cm³/mol. The maximum atomic E-state index is 13.9. The Balaban J connectivity index is 1.57. The van der Waals surface area contributed by atoms with Gasteiger partial charge in [-0.3, -0.25) is 4.90 Å². The first-order valence-corrected chi connectivity index (χ1v) is 8.54. The average molecular weight is 357 g/mol. The molecule has 124 valence electrons. The number of nitrogens with zero attached hydrogens (tertiary/aromatic N) is 4. The molecule has 1 aromatic carbocycles. The molecule has 0 spiro atoms. The molecule has 1 aliphatic heterocycles. The van der Waals surface area contributed by atoms with Crippen molar-refractivity contribution in [3.8, 4) is 0 Å². The molecular weight excluding hydrogens is 339 g/mol. The average Bonchev–Trinajstić information content (AvgIpc) is 3.01. The minimum atomic E-state index is -0.242. The van der Waals surface area contributed by atoms with Crippen molar-refractivity contribution in [1.29, 1.82) is 0 Å². The standard InChI is InChI=1S/C15H18ClFN4OS/c1-22-10-14-18-15(23-19-14)21-7-5-20(6-8-21)9-11-12(16)3-2-4-13(11)17/h2-4H,5-10H2,1H3. The summed E-state index contributed by atoms with van der Waals surface area (Å²) in [5.74, 6) is 0.473. The van der Waals surface area contributed by atoms with Gasteiger partial charge in [0.25, 0.3) is 0 Å². The molecule has 23 heavy (non-hydrogen) atoms. The summed E-state index contributed by atoms with van der Waals surface area (Å²) < 4.78 is 23.2. The summed E-state index contributed by atoms with van der Waals surface area (Å²) in [5, 5.41) is 1.40. The van der Waals surface area contributed by atoms with Crippen LogP contribution in [0.3, 0.4) is 0 Å². The topological polar surface area (TPSA) is 41.5 Å². The number of halogens is 2. The Kier molecular flexibility index (Phi) is 5.42. The minimum Gasteiger partial charge on any atom is -0.377 e. The van der Waals surface area contributed by atoms with Gasteiger partial charge in [-0.15, -0.1) is 0 Å². The van der Waals surface area contributed by atoms with Crippen molar-refractivity contribution in [1.82, 2.24) is 14.3 Å². The molecule has 2 aromatic rings. The summed E-state index contributed by atoms with van der Waals surface area (Å²) >= 11 is 7.49. The molecular formula is C15H18ClFN4OS. The number of rotatable bonds is 5.